The molecular weight excluding hydrogens is 250 g/mol. The summed E-state index contributed by atoms with van der Waals surface area (Å²) in [6.07, 6.45) is 2.14. The van der Waals surface area contributed by atoms with Crippen molar-refractivity contribution in [3.05, 3.63) is 17.5 Å². The molecule has 98 valence electrons. The van der Waals surface area contributed by atoms with E-state index in [1.165, 1.54) is 0 Å². The molecule has 0 aliphatic carbocycles. The van der Waals surface area contributed by atoms with Gasteiger partial charge in [-0.25, -0.2) is 0 Å². The zero-order chi connectivity index (χ0) is 12.4. The number of thioether (sulfide) groups is 1. The van der Waals surface area contributed by atoms with Gasteiger partial charge in [0.05, 0.1) is 12.1 Å². The van der Waals surface area contributed by atoms with Crippen LogP contribution < -0.4 is 5.32 Å². The van der Waals surface area contributed by atoms with Crippen LogP contribution in [0.4, 0.5) is 0 Å². The van der Waals surface area contributed by atoms with E-state index < -0.39 is 0 Å². The smallest absolute Gasteiger partial charge is 0.157 e. The topological polar surface area (TPSA) is 59.7 Å². The lowest BCUT2D eigenvalue weighted by molar-refractivity contribution is 0.0555. The molecule has 0 amide bonds. The third-order valence-corrected chi connectivity index (χ3v) is 4.57. The highest BCUT2D eigenvalue weighted by atomic mass is 32.2. The number of aliphatic imine (C=N–C) groups is 1. The van der Waals surface area contributed by atoms with Crippen LogP contribution >= 0.6 is 11.8 Å². The highest BCUT2D eigenvalue weighted by Crippen LogP contribution is 2.31. The van der Waals surface area contributed by atoms with Gasteiger partial charge in [0.15, 0.2) is 5.17 Å². The molecule has 3 heterocycles. The molecule has 2 aliphatic heterocycles. The van der Waals surface area contributed by atoms with Crippen LogP contribution in [0.25, 0.3) is 0 Å². The fourth-order valence-corrected chi connectivity index (χ4v) is 3.49. The van der Waals surface area contributed by atoms with Gasteiger partial charge in [0, 0.05) is 25.0 Å². The monoisotopic (exact) mass is 267 g/mol. The number of nitrogens with zero attached hydrogens (tertiary/aromatic N) is 2. The van der Waals surface area contributed by atoms with E-state index in [0.29, 0.717) is 6.54 Å². The largest absolute Gasteiger partial charge is 0.381 e. The maximum atomic E-state index is 5.41. The van der Waals surface area contributed by atoms with E-state index in [0.717, 1.165) is 48.4 Å². The zero-order valence-electron chi connectivity index (χ0n) is 10.4. The van der Waals surface area contributed by atoms with Gasteiger partial charge in [-0.05, 0) is 19.8 Å². The minimum atomic E-state index is 0.210. The Morgan fingerprint density at radius 3 is 3.06 bits per heavy atom. The molecule has 1 aromatic heterocycles. The van der Waals surface area contributed by atoms with Crippen molar-refractivity contribution in [3.63, 3.8) is 0 Å². The number of hydrogen-bond acceptors (Lipinski definition) is 5. The maximum absolute atomic E-state index is 5.41. The van der Waals surface area contributed by atoms with Gasteiger partial charge in [0.25, 0.3) is 0 Å². The van der Waals surface area contributed by atoms with Crippen molar-refractivity contribution < 1.29 is 9.26 Å². The van der Waals surface area contributed by atoms with Gasteiger partial charge in [-0.2, -0.15) is 0 Å². The van der Waals surface area contributed by atoms with Gasteiger partial charge in [0.2, 0.25) is 0 Å². The van der Waals surface area contributed by atoms with Crippen molar-refractivity contribution in [2.45, 2.75) is 31.8 Å². The van der Waals surface area contributed by atoms with E-state index >= 15 is 0 Å². The van der Waals surface area contributed by atoms with Crippen LogP contribution in [0.2, 0.25) is 0 Å². The first-order chi connectivity index (χ1) is 8.76. The molecule has 0 bridgehead atoms. The lowest BCUT2D eigenvalue weighted by atomic mass is 9.93. The number of hydrogen-bond donors (Lipinski definition) is 1. The van der Waals surface area contributed by atoms with Crippen molar-refractivity contribution in [3.8, 4) is 0 Å². The quantitative estimate of drug-likeness (QED) is 0.884. The van der Waals surface area contributed by atoms with E-state index in [4.69, 9.17) is 9.26 Å². The van der Waals surface area contributed by atoms with Crippen LogP contribution in [0, 0.1) is 6.92 Å². The second kappa shape index (κ2) is 4.93. The van der Waals surface area contributed by atoms with E-state index in [1.54, 1.807) is 11.8 Å². The Balaban J connectivity index is 1.61. The molecular formula is C12H17N3O2S. The molecule has 2 fully saturated rings. The predicted octanol–water partition coefficient (Wildman–Crippen LogP) is 1.72. The third kappa shape index (κ3) is 2.54. The van der Waals surface area contributed by atoms with Gasteiger partial charge < -0.3 is 14.6 Å². The van der Waals surface area contributed by atoms with Crippen molar-refractivity contribution >= 4 is 16.9 Å². The summed E-state index contributed by atoms with van der Waals surface area (Å²) in [5, 5.41) is 8.53. The number of nitrogens with one attached hydrogen (secondary N) is 1. The number of rotatable bonds is 2. The van der Waals surface area contributed by atoms with E-state index in [9.17, 15) is 0 Å². The summed E-state index contributed by atoms with van der Waals surface area (Å²) in [5.41, 5.74) is 1.09. The zero-order valence-corrected chi connectivity index (χ0v) is 11.3. The van der Waals surface area contributed by atoms with E-state index in [1.807, 2.05) is 13.0 Å². The third-order valence-electron chi connectivity index (χ3n) is 3.37. The molecule has 2 aliphatic rings. The summed E-state index contributed by atoms with van der Waals surface area (Å²) in [6, 6.07) is 1.92. The molecule has 18 heavy (non-hydrogen) atoms. The standard InChI is InChI=1S/C12H17N3O2S/c1-9-6-10(15-17-9)7-13-11-14-12(8-18-11)2-4-16-5-3-12/h6H,2-5,7-8H2,1H3,(H,13,14). The summed E-state index contributed by atoms with van der Waals surface area (Å²) in [4.78, 5) is 4.56. The summed E-state index contributed by atoms with van der Waals surface area (Å²) in [5.74, 6) is 1.92. The van der Waals surface area contributed by atoms with Gasteiger partial charge in [-0.1, -0.05) is 16.9 Å². The highest BCUT2D eigenvalue weighted by Gasteiger charge is 2.38. The summed E-state index contributed by atoms with van der Waals surface area (Å²) in [6.45, 7) is 4.18. The minimum Gasteiger partial charge on any atom is -0.381 e. The van der Waals surface area contributed by atoms with Crippen LogP contribution in [0.15, 0.2) is 15.6 Å². The normalized spacial score (nSPS) is 24.6. The van der Waals surface area contributed by atoms with Gasteiger partial charge in [0.1, 0.15) is 11.5 Å². The Bertz CT molecular complexity index is 452. The summed E-state index contributed by atoms with van der Waals surface area (Å²) in [7, 11) is 0. The number of aromatic nitrogens is 1. The number of ether oxygens (including phenoxy) is 1. The lowest BCUT2D eigenvalue weighted by Gasteiger charge is -2.32. The minimum absolute atomic E-state index is 0.210. The van der Waals surface area contributed by atoms with Crippen LogP contribution in [0.5, 0.6) is 0 Å². The van der Waals surface area contributed by atoms with Crippen LogP contribution in [0.1, 0.15) is 24.3 Å². The first kappa shape index (κ1) is 12.0. The fourth-order valence-electron chi connectivity index (χ4n) is 2.27. The first-order valence-electron chi connectivity index (χ1n) is 6.21. The molecule has 0 atom stereocenters. The Labute approximate surface area is 110 Å². The van der Waals surface area contributed by atoms with Crippen molar-refractivity contribution in [2.24, 2.45) is 4.99 Å². The first-order valence-corrected chi connectivity index (χ1v) is 7.20. The molecule has 0 unspecified atom stereocenters. The molecule has 1 spiro atoms. The second-order valence-electron chi connectivity index (χ2n) is 4.86. The van der Waals surface area contributed by atoms with E-state index in [-0.39, 0.29) is 5.54 Å². The van der Waals surface area contributed by atoms with Crippen molar-refractivity contribution in [1.29, 1.82) is 0 Å². The maximum Gasteiger partial charge on any atom is 0.157 e. The molecule has 0 aromatic carbocycles. The molecule has 6 heteroatoms. The van der Waals surface area contributed by atoms with Crippen molar-refractivity contribution in [2.75, 3.05) is 19.0 Å². The van der Waals surface area contributed by atoms with Crippen LogP contribution in [-0.4, -0.2) is 34.8 Å². The Kier molecular flexibility index (Phi) is 3.30. The summed E-state index contributed by atoms with van der Waals surface area (Å²) >= 11 is 1.80. The average molecular weight is 267 g/mol. The Morgan fingerprint density at radius 2 is 2.33 bits per heavy atom. The second-order valence-corrected chi connectivity index (χ2v) is 5.82. The molecule has 0 radical (unpaired) electrons. The van der Waals surface area contributed by atoms with Crippen LogP contribution in [0.3, 0.4) is 0 Å². The molecule has 1 aromatic rings. The number of aryl methyl sites for hydroxylation is 1. The molecule has 2 saturated heterocycles. The Hall–Kier alpha value is -1.01. The summed E-state index contributed by atoms with van der Waals surface area (Å²) < 4.78 is 10.4. The van der Waals surface area contributed by atoms with E-state index in [2.05, 4.69) is 15.5 Å². The number of amidine groups is 1. The van der Waals surface area contributed by atoms with Gasteiger partial charge in [-0.3, -0.25) is 4.99 Å². The molecule has 0 saturated carbocycles. The lowest BCUT2D eigenvalue weighted by Crippen LogP contribution is -2.48. The SMILES string of the molecule is Cc1cc(CN=C2NC3(CCOCC3)CS2)no1. The fraction of sp³-hybridized carbons (Fsp3) is 0.667. The predicted molar refractivity (Wildman–Crippen MR) is 70.8 cm³/mol. The Morgan fingerprint density at radius 1 is 1.50 bits per heavy atom. The van der Waals surface area contributed by atoms with Gasteiger partial charge in [-0.15, -0.1) is 0 Å². The molecule has 3 rings (SSSR count). The van der Waals surface area contributed by atoms with Crippen LogP contribution in [-0.2, 0) is 11.3 Å². The molecule has 5 nitrogen and oxygen atoms in total. The highest BCUT2D eigenvalue weighted by molar-refractivity contribution is 8.14. The van der Waals surface area contributed by atoms with Crippen molar-refractivity contribution in [1.82, 2.24) is 10.5 Å². The average Bonchev–Trinajstić information content (AvgIpc) is 2.96. The molecule has 1 N–H and O–H groups in total. The van der Waals surface area contributed by atoms with Gasteiger partial charge >= 0.3 is 0 Å².